The molecule has 9 heteroatoms. The third-order valence-corrected chi connectivity index (χ3v) is 3.95. The largest absolute Gasteiger partial charge is 0.480 e. The Morgan fingerprint density at radius 3 is 2.71 bits per heavy atom. The highest BCUT2D eigenvalue weighted by atomic mass is 32.1. The molecule has 0 aromatic carbocycles. The zero-order chi connectivity index (χ0) is 15.8. The zero-order valence-electron chi connectivity index (χ0n) is 10.9. The third kappa shape index (κ3) is 3.42. The number of thiophene rings is 1. The molecule has 5 nitrogen and oxygen atoms in total. The van der Waals surface area contributed by atoms with Crippen LogP contribution in [0.3, 0.4) is 0 Å². The molecule has 21 heavy (non-hydrogen) atoms. The third-order valence-electron chi connectivity index (χ3n) is 2.82. The molecule has 1 unspecified atom stereocenters. The predicted molar refractivity (Wildman–Crippen MR) is 70.8 cm³/mol. The van der Waals surface area contributed by atoms with Gasteiger partial charge < -0.3 is 10.8 Å². The first-order valence-corrected chi connectivity index (χ1v) is 6.69. The molecule has 0 bridgehead atoms. The Balaban J connectivity index is 2.26. The monoisotopic (exact) mass is 319 g/mol. The number of aryl methyl sites for hydroxylation is 1. The molecule has 0 saturated heterocycles. The van der Waals surface area contributed by atoms with E-state index < -0.39 is 23.9 Å². The van der Waals surface area contributed by atoms with Crippen molar-refractivity contribution >= 4 is 17.3 Å². The number of aromatic nitrogens is 2. The zero-order valence-corrected chi connectivity index (χ0v) is 11.7. The van der Waals surface area contributed by atoms with Crippen molar-refractivity contribution in [2.24, 2.45) is 12.8 Å². The number of carbonyl (C=O) groups is 1. The van der Waals surface area contributed by atoms with E-state index in [2.05, 4.69) is 5.10 Å². The minimum absolute atomic E-state index is 0.129. The summed E-state index contributed by atoms with van der Waals surface area (Å²) in [7, 11) is 1.42. The van der Waals surface area contributed by atoms with E-state index in [1.54, 1.807) is 12.1 Å². The molecule has 0 aliphatic rings. The Kier molecular flexibility index (Phi) is 4.06. The molecule has 2 aromatic rings. The normalized spacial score (nSPS) is 13.4. The average Bonchev–Trinajstić information content (AvgIpc) is 2.94. The van der Waals surface area contributed by atoms with Crippen LogP contribution in [-0.2, 0) is 24.4 Å². The van der Waals surface area contributed by atoms with Gasteiger partial charge in [-0.1, -0.05) is 0 Å². The summed E-state index contributed by atoms with van der Waals surface area (Å²) in [5.41, 5.74) is 4.79. The maximum Gasteiger partial charge on any atom is 0.435 e. The maximum absolute atomic E-state index is 12.6. The highest BCUT2D eigenvalue weighted by Gasteiger charge is 2.34. The van der Waals surface area contributed by atoms with Gasteiger partial charge in [-0.3, -0.25) is 9.48 Å². The van der Waals surface area contributed by atoms with Gasteiger partial charge in [0.1, 0.15) is 6.04 Å². The molecular weight excluding hydrogens is 307 g/mol. The summed E-state index contributed by atoms with van der Waals surface area (Å²) < 4.78 is 39.0. The van der Waals surface area contributed by atoms with Gasteiger partial charge in [0.25, 0.3) is 0 Å². The second-order valence-electron chi connectivity index (χ2n) is 4.45. The first kappa shape index (κ1) is 15.5. The van der Waals surface area contributed by atoms with E-state index in [1.165, 1.54) is 18.4 Å². The quantitative estimate of drug-likeness (QED) is 0.904. The fraction of sp³-hybridized carbons (Fsp3) is 0.333. The number of carboxylic acid groups (broad SMARTS) is 1. The van der Waals surface area contributed by atoms with Crippen LogP contribution < -0.4 is 5.73 Å². The fourth-order valence-corrected chi connectivity index (χ4v) is 2.88. The number of aliphatic carboxylic acids is 1. The summed E-state index contributed by atoms with van der Waals surface area (Å²) in [6, 6.07) is 3.22. The number of rotatable bonds is 4. The number of alkyl halides is 3. The number of nitrogens with two attached hydrogens (primary N) is 1. The van der Waals surface area contributed by atoms with Crippen LogP contribution in [0.1, 0.15) is 10.6 Å². The van der Waals surface area contributed by atoms with Crippen LogP contribution >= 0.6 is 11.3 Å². The van der Waals surface area contributed by atoms with Gasteiger partial charge >= 0.3 is 12.1 Å². The van der Waals surface area contributed by atoms with E-state index in [0.29, 0.717) is 15.4 Å². The first-order chi connectivity index (χ1) is 9.68. The Bertz CT molecular complexity index is 663. The Morgan fingerprint density at radius 1 is 1.52 bits per heavy atom. The lowest BCUT2D eigenvalue weighted by molar-refractivity contribution is -0.141. The minimum Gasteiger partial charge on any atom is -0.480 e. The van der Waals surface area contributed by atoms with Crippen LogP contribution in [0.4, 0.5) is 13.2 Å². The lowest BCUT2D eigenvalue weighted by atomic mass is 10.2. The van der Waals surface area contributed by atoms with Crippen LogP contribution in [0.2, 0.25) is 0 Å². The molecule has 2 rings (SSSR count). The van der Waals surface area contributed by atoms with E-state index in [0.717, 1.165) is 10.7 Å². The molecule has 2 aromatic heterocycles. The summed E-state index contributed by atoms with van der Waals surface area (Å²) in [5, 5.41) is 12.2. The number of carboxylic acids is 1. The molecular formula is C12H12F3N3O2S. The van der Waals surface area contributed by atoms with Crippen molar-refractivity contribution in [3.63, 3.8) is 0 Å². The molecule has 3 N–H and O–H groups in total. The van der Waals surface area contributed by atoms with Crippen LogP contribution in [0.15, 0.2) is 18.2 Å². The van der Waals surface area contributed by atoms with Crippen molar-refractivity contribution in [1.82, 2.24) is 9.78 Å². The summed E-state index contributed by atoms with van der Waals surface area (Å²) in [6.45, 7) is 0. The van der Waals surface area contributed by atoms with E-state index in [9.17, 15) is 18.0 Å². The van der Waals surface area contributed by atoms with Crippen LogP contribution in [0.5, 0.6) is 0 Å². The van der Waals surface area contributed by atoms with E-state index in [4.69, 9.17) is 10.8 Å². The van der Waals surface area contributed by atoms with Crippen molar-refractivity contribution in [2.75, 3.05) is 0 Å². The second kappa shape index (κ2) is 5.49. The molecule has 0 spiro atoms. The van der Waals surface area contributed by atoms with Crippen molar-refractivity contribution < 1.29 is 23.1 Å². The van der Waals surface area contributed by atoms with Gasteiger partial charge in [0, 0.05) is 18.3 Å². The van der Waals surface area contributed by atoms with Gasteiger partial charge in [-0.2, -0.15) is 18.3 Å². The molecule has 0 radical (unpaired) electrons. The summed E-state index contributed by atoms with van der Waals surface area (Å²) >= 11 is 1.20. The van der Waals surface area contributed by atoms with Crippen molar-refractivity contribution in [3.05, 3.63) is 28.8 Å². The smallest absolute Gasteiger partial charge is 0.435 e. The fourth-order valence-electron chi connectivity index (χ4n) is 1.77. The highest BCUT2D eigenvalue weighted by Crippen LogP contribution is 2.34. The lowest BCUT2D eigenvalue weighted by Gasteiger charge is -2.02. The number of nitrogens with zero attached hydrogens (tertiary/aromatic N) is 2. The topological polar surface area (TPSA) is 81.1 Å². The Hall–Kier alpha value is -1.87. The summed E-state index contributed by atoms with van der Waals surface area (Å²) in [6.07, 6.45) is -4.37. The number of halogens is 3. The SMILES string of the molecule is Cn1nc(C(F)(F)F)cc1-c1ccc(CC(N)C(=O)O)s1. The van der Waals surface area contributed by atoms with Crippen LogP contribution in [0.25, 0.3) is 10.6 Å². The first-order valence-electron chi connectivity index (χ1n) is 5.87. The Labute approximate surface area is 121 Å². The molecule has 0 aliphatic carbocycles. The molecule has 1 atom stereocenters. The predicted octanol–water partition coefficient (Wildman–Crippen LogP) is 2.12. The molecule has 114 valence electrons. The van der Waals surface area contributed by atoms with E-state index in [1.807, 2.05) is 0 Å². The molecule has 0 amide bonds. The van der Waals surface area contributed by atoms with Crippen molar-refractivity contribution in [1.29, 1.82) is 0 Å². The van der Waals surface area contributed by atoms with Crippen molar-refractivity contribution in [3.8, 4) is 10.6 Å². The number of hydrogen-bond donors (Lipinski definition) is 2. The van der Waals surface area contributed by atoms with E-state index in [-0.39, 0.29) is 6.42 Å². The van der Waals surface area contributed by atoms with Gasteiger partial charge in [0.15, 0.2) is 5.69 Å². The molecule has 0 fully saturated rings. The second-order valence-corrected chi connectivity index (χ2v) is 5.62. The van der Waals surface area contributed by atoms with Crippen LogP contribution in [-0.4, -0.2) is 26.9 Å². The van der Waals surface area contributed by atoms with E-state index >= 15 is 0 Å². The van der Waals surface area contributed by atoms with Gasteiger partial charge in [-0.25, -0.2) is 0 Å². The molecule has 2 heterocycles. The Morgan fingerprint density at radius 2 is 2.19 bits per heavy atom. The standard InChI is InChI=1S/C12H12F3N3O2S/c1-18-8(5-10(17-18)12(13,14)15)9-3-2-6(21-9)4-7(16)11(19)20/h2-3,5,7H,4,16H2,1H3,(H,19,20). The maximum atomic E-state index is 12.6. The van der Waals surface area contributed by atoms with Gasteiger partial charge in [0.2, 0.25) is 0 Å². The van der Waals surface area contributed by atoms with Crippen molar-refractivity contribution in [2.45, 2.75) is 18.6 Å². The molecule has 0 saturated carbocycles. The number of hydrogen-bond acceptors (Lipinski definition) is 4. The van der Waals surface area contributed by atoms with Gasteiger partial charge in [-0.05, 0) is 18.2 Å². The highest BCUT2D eigenvalue weighted by molar-refractivity contribution is 7.15. The minimum atomic E-state index is -4.50. The lowest BCUT2D eigenvalue weighted by Crippen LogP contribution is -2.31. The van der Waals surface area contributed by atoms with Gasteiger partial charge in [0.05, 0.1) is 10.6 Å². The molecule has 0 aliphatic heterocycles. The average molecular weight is 319 g/mol. The summed E-state index contributed by atoms with van der Waals surface area (Å²) in [4.78, 5) is 12.0. The summed E-state index contributed by atoms with van der Waals surface area (Å²) in [5.74, 6) is -1.12. The van der Waals surface area contributed by atoms with Gasteiger partial charge in [-0.15, -0.1) is 11.3 Å². The van der Waals surface area contributed by atoms with Crippen LogP contribution in [0, 0.1) is 0 Å².